The minimum absolute atomic E-state index is 0.0779. The molecule has 0 aliphatic rings. The summed E-state index contributed by atoms with van der Waals surface area (Å²) in [6, 6.07) is 9.77. The summed E-state index contributed by atoms with van der Waals surface area (Å²) in [4.78, 5) is 22.9. The van der Waals surface area contributed by atoms with E-state index in [0.29, 0.717) is 15.2 Å². The van der Waals surface area contributed by atoms with E-state index in [1.165, 1.54) is 23.5 Å². The van der Waals surface area contributed by atoms with E-state index in [1.807, 2.05) is 18.2 Å². The lowest BCUT2D eigenvalue weighted by Crippen LogP contribution is -2.17. The lowest BCUT2D eigenvalue weighted by molar-refractivity contribution is 0.102. The van der Waals surface area contributed by atoms with Crippen molar-refractivity contribution in [2.24, 2.45) is 0 Å². The lowest BCUT2D eigenvalue weighted by Gasteiger charge is -1.99. The maximum atomic E-state index is 12.0. The third-order valence-corrected chi connectivity index (χ3v) is 3.86. The van der Waals surface area contributed by atoms with Crippen molar-refractivity contribution in [3.05, 3.63) is 57.5 Å². The number of aromatic amines is 1. The fraction of sp³-hybridized carbons (Fsp3) is 0. The summed E-state index contributed by atoms with van der Waals surface area (Å²) in [5.41, 5.74) is 0.437. The molecule has 2 heterocycles. The predicted molar refractivity (Wildman–Crippen MR) is 83.2 cm³/mol. The van der Waals surface area contributed by atoms with Gasteiger partial charge in [-0.05, 0) is 12.1 Å². The first kappa shape index (κ1) is 14.4. The molecule has 0 saturated heterocycles. The van der Waals surface area contributed by atoms with E-state index >= 15 is 0 Å². The summed E-state index contributed by atoms with van der Waals surface area (Å²) in [5, 5.41) is 17.7. The molecule has 2 N–H and O–H groups in total. The molecule has 22 heavy (non-hydrogen) atoms. The SMILES string of the molecule is O=C(Nc1nnc(-c2ccccc2Cl)s1)c1ccc(=O)[nH]n1. The van der Waals surface area contributed by atoms with Crippen LogP contribution in [0.2, 0.25) is 5.02 Å². The monoisotopic (exact) mass is 333 g/mol. The zero-order chi connectivity index (χ0) is 15.5. The van der Waals surface area contributed by atoms with Gasteiger partial charge in [-0.2, -0.15) is 5.10 Å². The van der Waals surface area contributed by atoms with Crippen molar-refractivity contribution in [1.82, 2.24) is 20.4 Å². The number of hydrogen-bond acceptors (Lipinski definition) is 6. The van der Waals surface area contributed by atoms with Crippen molar-refractivity contribution >= 4 is 34.0 Å². The lowest BCUT2D eigenvalue weighted by atomic mass is 10.2. The molecule has 0 saturated carbocycles. The highest BCUT2D eigenvalue weighted by Crippen LogP contribution is 2.31. The van der Waals surface area contributed by atoms with E-state index in [9.17, 15) is 9.59 Å². The Labute approximate surface area is 133 Å². The van der Waals surface area contributed by atoms with Crippen LogP contribution in [-0.2, 0) is 0 Å². The number of rotatable bonds is 3. The van der Waals surface area contributed by atoms with Crippen molar-refractivity contribution in [3.8, 4) is 10.6 Å². The molecule has 0 aliphatic carbocycles. The first-order valence-electron chi connectivity index (χ1n) is 6.09. The molecule has 0 radical (unpaired) electrons. The highest BCUT2D eigenvalue weighted by molar-refractivity contribution is 7.18. The minimum Gasteiger partial charge on any atom is -0.295 e. The third-order valence-electron chi connectivity index (χ3n) is 2.66. The fourth-order valence-corrected chi connectivity index (χ4v) is 2.71. The van der Waals surface area contributed by atoms with Crippen LogP contribution >= 0.6 is 22.9 Å². The summed E-state index contributed by atoms with van der Waals surface area (Å²) < 4.78 is 0. The first-order valence-corrected chi connectivity index (χ1v) is 7.28. The molecular formula is C13H8ClN5O2S. The zero-order valence-corrected chi connectivity index (χ0v) is 12.5. The number of nitrogens with one attached hydrogen (secondary N) is 2. The molecule has 1 aromatic carbocycles. The number of anilines is 1. The van der Waals surface area contributed by atoms with Gasteiger partial charge in [-0.25, -0.2) is 5.10 Å². The van der Waals surface area contributed by atoms with Crippen LogP contribution in [-0.4, -0.2) is 26.3 Å². The summed E-state index contributed by atoms with van der Waals surface area (Å²) in [6.07, 6.45) is 0. The summed E-state index contributed by atoms with van der Waals surface area (Å²) in [5.74, 6) is -0.488. The largest absolute Gasteiger partial charge is 0.295 e. The molecule has 3 rings (SSSR count). The Morgan fingerprint density at radius 2 is 2.00 bits per heavy atom. The second kappa shape index (κ2) is 6.04. The van der Waals surface area contributed by atoms with Crippen LogP contribution in [0.5, 0.6) is 0 Å². The van der Waals surface area contributed by atoms with Gasteiger partial charge < -0.3 is 0 Å². The summed E-state index contributed by atoms with van der Waals surface area (Å²) in [7, 11) is 0. The number of amides is 1. The number of hydrogen-bond donors (Lipinski definition) is 2. The van der Waals surface area contributed by atoms with Gasteiger partial charge in [-0.15, -0.1) is 10.2 Å². The van der Waals surface area contributed by atoms with Gasteiger partial charge in [-0.3, -0.25) is 14.9 Å². The van der Waals surface area contributed by atoms with E-state index < -0.39 is 5.91 Å². The Kier molecular flexibility index (Phi) is 3.94. The van der Waals surface area contributed by atoms with Crippen LogP contribution in [0.15, 0.2) is 41.2 Å². The van der Waals surface area contributed by atoms with E-state index in [1.54, 1.807) is 6.07 Å². The molecule has 0 aliphatic heterocycles. The summed E-state index contributed by atoms with van der Waals surface area (Å²) in [6.45, 7) is 0. The van der Waals surface area contributed by atoms with Crippen LogP contribution in [0.25, 0.3) is 10.6 Å². The van der Waals surface area contributed by atoms with E-state index in [4.69, 9.17) is 11.6 Å². The Morgan fingerprint density at radius 1 is 1.18 bits per heavy atom. The maximum Gasteiger partial charge on any atom is 0.277 e. The van der Waals surface area contributed by atoms with Crippen LogP contribution in [0.1, 0.15) is 10.5 Å². The number of benzene rings is 1. The smallest absolute Gasteiger partial charge is 0.277 e. The molecule has 7 nitrogen and oxygen atoms in total. The molecule has 2 aromatic heterocycles. The highest BCUT2D eigenvalue weighted by atomic mass is 35.5. The molecule has 9 heteroatoms. The average molecular weight is 334 g/mol. The first-order chi connectivity index (χ1) is 10.6. The van der Waals surface area contributed by atoms with Crippen molar-refractivity contribution in [1.29, 1.82) is 0 Å². The number of nitrogens with zero attached hydrogens (tertiary/aromatic N) is 3. The Morgan fingerprint density at radius 3 is 2.73 bits per heavy atom. The quantitative estimate of drug-likeness (QED) is 0.765. The second-order valence-corrected chi connectivity index (χ2v) is 5.54. The predicted octanol–water partition coefficient (Wildman–Crippen LogP) is 2.19. The van der Waals surface area contributed by atoms with Gasteiger partial charge in [0.15, 0.2) is 5.01 Å². The van der Waals surface area contributed by atoms with Gasteiger partial charge in [0.05, 0.1) is 5.02 Å². The maximum absolute atomic E-state index is 12.0. The van der Waals surface area contributed by atoms with E-state index in [0.717, 1.165) is 5.56 Å². The van der Waals surface area contributed by atoms with Gasteiger partial charge in [0.25, 0.3) is 11.5 Å². The van der Waals surface area contributed by atoms with Crippen molar-refractivity contribution < 1.29 is 4.79 Å². The molecule has 110 valence electrons. The molecule has 3 aromatic rings. The number of halogens is 1. The van der Waals surface area contributed by atoms with Crippen molar-refractivity contribution in [3.63, 3.8) is 0 Å². The van der Waals surface area contributed by atoms with Gasteiger partial charge in [0, 0.05) is 11.6 Å². The minimum atomic E-state index is -0.488. The normalized spacial score (nSPS) is 10.4. The molecule has 0 atom stereocenters. The molecule has 0 unspecified atom stereocenters. The molecule has 0 spiro atoms. The van der Waals surface area contributed by atoms with Crippen molar-refractivity contribution in [2.45, 2.75) is 0 Å². The number of H-pyrrole nitrogens is 1. The number of carbonyl (C=O) groups is 1. The standard InChI is InChI=1S/C13H8ClN5O2S/c14-8-4-2-1-3-7(8)12-18-19-13(22-12)15-11(21)9-5-6-10(20)17-16-9/h1-6H,(H,17,20)(H,15,19,21). The Balaban J connectivity index is 1.80. The van der Waals surface area contributed by atoms with Crippen LogP contribution in [0.4, 0.5) is 5.13 Å². The Hall–Kier alpha value is -2.58. The highest BCUT2D eigenvalue weighted by Gasteiger charge is 2.13. The van der Waals surface area contributed by atoms with E-state index in [2.05, 4.69) is 25.7 Å². The molecular weight excluding hydrogens is 326 g/mol. The average Bonchev–Trinajstić information content (AvgIpc) is 2.96. The fourth-order valence-electron chi connectivity index (χ4n) is 1.65. The summed E-state index contributed by atoms with van der Waals surface area (Å²) >= 11 is 7.28. The van der Waals surface area contributed by atoms with E-state index in [-0.39, 0.29) is 11.3 Å². The van der Waals surface area contributed by atoms with Gasteiger partial charge in [0.2, 0.25) is 5.13 Å². The van der Waals surface area contributed by atoms with Gasteiger partial charge >= 0.3 is 0 Å². The second-order valence-electron chi connectivity index (χ2n) is 4.15. The molecule has 0 fully saturated rings. The molecule has 1 amide bonds. The van der Waals surface area contributed by atoms with Gasteiger partial charge in [-0.1, -0.05) is 41.1 Å². The molecule has 0 bridgehead atoms. The number of aromatic nitrogens is 4. The topological polar surface area (TPSA) is 101 Å². The van der Waals surface area contributed by atoms with Crippen LogP contribution in [0.3, 0.4) is 0 Å². The third kappa shape index (κ3) is 3.02. The zero-order valence-electron chi connectivity index (χ0n) is 10.9. The Bertz CT molecular complexity index is 871. The van der Waals surface area contributed by atoms with Gasteiger partial charge in [0.1, 0.15) is 5.69 Å². The van der Waals surface area contributed by atoms with Crippen molar-refractivity contribution in [2.75, 3.05) is 5.32 Å². The van der Waals surface area contributed by atoms with Crippen LogP contribution < -0.4 is 10.9 Å². The number of carbonyl (C=O) groups excluding carboxylic acids is 1. The van der Waals surface area contributed by atoms with Crippen LogP contribution in [0, 0.1) is 0 Å².